The molecule has 0 saturated heterocycles. The SMILES string of the molecule is NC(=O)CCn1c(SCC(=O)NCCc2ccccc2)nnc1-c1cccs1. The molecule has 0 spiro atoms. The zero-order valence-corrected chi connectivity index (χ0v) is 16.8. The molecule has 0 radical (unpaired) electrons. The summed E-state index contributed by atoms with van der Waals surface area (Å²) in [5.41, 5.74) is 6.47. The maximum atomic E-state index is 12.2. The van der Waals surface area contributed by atoms with E-state index in [0.717, 1.165) is 11.3 Å². The number of nitrogens with one attached hydrogen (secondary N) is 1. The topological polar surface area (TPSA) is 103 Å². The molecule has 2 amide bonds. The summed E-state index contributed by atoms with van der Waals surface area (Å²) >= 11 is 2.84. The van der Waals surface area contributed by atoms with Gasteiger partial charge in [-0.05, 0) is 23.4 Å². The number of nitrogens with two attached hydrogens (primary N) is 1. The number of thiophene rings is 1. The van der Waals surface area contributed by atoms with Crippen molar-refractivity contribution in [3.8, 4) is 10.7 Å². The second kappa shape index (κ2) is 10.0. The van der Waals surface area contributed by atoms with Crippen LogP contribution in [0.3, 0.4) is 0 Å². The van der Waals surface area contributed by atoms with Gasteiger partial charge in [-0.15, -0.1) is 21.5 Å². The summed E-state index contributed by atoms with van der Waals surface area (Å²) in [5.74, 6) is 0.459. The number of carbonyl (C=O) groups is 2. The van der Waals surface area contributed by atoms with Gasteiger partial charge in [0.15, 0.2) is 11.0 Å². The minimum Gasteiger partial charge on any atom is -0.370 e. The first-order chi connectivity index (χ1) is 13.6. The Morgan fingerprint density at radius 3 is 2.68 bits per heavy atom. The summed E-state index contributed by atoms with van der Waals surface area (Å²) in [6.45, 7) is 0.964. The molecule has 9 heteroatoms. The van der Waals surface area contributed by atoms with Crippen LogP contribution in [0.5, 0.6) is 0 Å². The van der Waals surface area contributed by atoms with E-state index in [1.807, 2.05) is 52.4 Å². The fourth-order valence-electron chi connectivity index (χ4n) is 2.58. The second-order valence-electron chi connectivity index (χ2n) is 6.03. The number of aromatic nitrogens is 3. The molecule has 0 bridgehead atoms. The summed E-state index contributed by atoms with van der Waals surface area (Å²) < 4.78 is 1.85. The smallest absolute Gasteiger partial charge is 0.230 e. The maximum Gasteiger partial charge on any atom is 0.230 e. The number of thioether (sulfide) groups is 1. The van der Waals surface area contributed by atoms with Crippen LogP contribution >= 0.6 is 23.1 Å². The zero-order chi connectivity index (χ0) is 19.8. The number of carbonyl (C=O) groups excluding carboxylic acids is 2. The number of hydrogen-bond donors (Lipinski definition) is 2. The van der Waals surface area contributed by atoms with E-state index in [0.29, 0.717) is 24.1 Å². The van der Waals surface area contributed by atoms with Crippen LogP contribution in [0.15, 0.2) is 53.0 Å². The van der Waals surface area contributed by atoms with Gasteiger partial charge in [-0.1, -0.05) is 48.2 Å². The molecule has 0 aliphatic carbocycles. The summed E-state index contributed by atoms with van der Waals surface area (Å²) in [5, 5.41) is 13.9. The average molecular weight is 416 g/mol. The predicted octanol–water partition coefficient (Wildman–Crippen LogP) is 2.33. The van der Waals surface area contributed by atoms with E-state index < -0.39 is 0 Å². The highest BCUT2D eigenvalue weighted by Crippen LogP contribution is 2.27. The quantitative estimate of drug-likeness (QED) is 0.495. The largest absolute Gasteiger partial charge is 0.370 e. The molecule has 0 unspecified atom stereocenters. The van der Waals surface area contributed by atoms with Crippen LogP contribution in [0, 0.1) is 0 Å². The fraction of sp³-hybridized carbons (Fsp3) is 0.263. The van der Waals surface area contributed by atoms with Crippen LogP contribution in [-0.4, -0.2) is 38.9 Å². The van der Waals surface area contributed by atoms with Gasteiger partial charge in [-0.3, -0.25) is 9.59 Å². The molecule has 2 heterocycles. The van der Waals surface area contributed by atoms with Crippen LogP contribution in [0.25, 0.3) is 10.7 Å². The fourth-order valence-corrected chi connectivity index (χ4v) is 4.09. The second-order valence-corrected chi connectivity index (χ2v) is 7.92. The summed E-state index contributed by atoms with van der Waals surface area (Å²) in [6.07, 6.45) is 0.974. The standard InChI is InChI=1S/C19H21N5O2S2/c20-16(25)9-11-24-18(15-7-4-12-27-15)22-23-19(24)28-13-17(26)21-10-8-14-5-2-1-3-6-14/h1-7,12H,8-11,13H2,(H2,20,25)(H,21,26). The molecule has 146 valence electrons. The first-order valence-electron chi connectivity index (χ1n) is 8.82. The van der Waals surface area contributed by atoms with E-state index in [2.05, 4.69) is 15.5 Å². The minimum absolute atomic E-state index is 0.0666. The first-order valence-corrected chi connectivity index (χ1v) is 10.7. The molecular formula is C19H21N5O2S2. The van der Waals surface area contributed by atoms with Crippen molar-refractivity contribution in [2.45, 2.75) is 24.5 Å². The highest BCUT2D eigenvalue weighted by Gasteiger charge is 2.16. The molecule has 2 aromatic heterocycles. The van der Waals surface area contributed by atoms with Gasteiger partial charge in [0.2, 0.25) is 11.8 Å². The molecular weight excluding hydrogens is 394 g/mol. The summed E-state index contributed by atoms with van der Waals surface area (Å²) in [6, 6.07) is 13.9. The molecule has 0 fully saturated rings. The van der Waals surface area contributed by atoms with Crippen molar-refractivity contribution in [2.24, 2.45) is 5.73 Å². The molecule has 0 saturated carbocycles. The van der Waals surface area contributed by atoms with Crippen LogP contribution in [0.4, 0.5) is 0 Å². The van der Waals surface area contributed by atoms with Gasteiger partial charge in [0.05, 0.1) is 10.6 Å². The van der Waals surface area contributed by atoms with Crippen molar-refractivity contribution < 1.29 is 9.59 Å². The van der Waals surface area contributed by atoms with Crippen molar-refractivity contribution in [3.63, 3.8) is 0 Å². The molecule has 3 N–H and O–H groups in total. The van der Waals surface area contributed by atoms with E-state index in [1.165, 1.54) is 17.3 Å². The van der Waals surface area contributed by atoms with Crippen LogP contribution in [0.1, 0.15) is 12.0 Å². The van der Waals surface area contributed by atoms with Gasteiger partial charge in [-0.2, -0.15) is 0 Å². The van der Waals surface area contributed by atoms with Crippen molar-refractivity contribution in [1.29, 1.82) is 0 Å². The van der Waals surface area contributed by atoms with E-state index in [4.69, 9.17) is 5.73 Å². The molecule has 3 aromatic rings. The third-order valence-electron chi connectivity index (χ3n) is 3.95. The summed E-state index contributed by atoms with van der Waals surface area (Å²) in [7, 11) is 0. The number of rotatable bonds is 10. The van der Waals surface area contributed by atoms with E-state index in [1.54, 1.807) is 11.3 Å². The monoisotopic (exact) mass is 415 g/mol. The van der Waals surface area contributed by atoms with Crippen LogP contribution in [0.2, 0.25) is 0 Å². The van der Waals surface area contributed by atoms with Crippen molar-refractivity contribution in [2.75, 3.05) is 12.3 Å². The highest BCUT2D eigenvalue weighted by molar-refractivity contribution is 7.99. The van der Waals surface area contributed by atoms with Gasteiger partial charge in [0, 0.05) is 19.5 Å². The Balaban J connectivity index is 1.57. The Labute approximate surface area is 171 Å². The van der Waals surface area contributed by atoms with Gasteiger partial charge < -0.3 is 15.6 Å². The van der Waals surface area contributed by atoms with Gasteiger partial charge >= 0.3 is 0 Å². The van der Waals surface area contributed by atoms with E-state index in [9.17, 15) is 9.59 Å². The molecule has 0 atom stereocenters. The van der Waals surface area contributed by atoms with E-state index >= 15 is 0 Å². The number of amides is 2. The first kappa shape index (κ1) is 20.1. The number of primary amides is 1. The Morgan fingerprint density at radius 1 is 1.14 bits per heavy atom. The van der Waals surface area contributed by atoms with Crippen molar-refractivity contribution in [3.05, 3.63) is 53.4 Å². The molecule has 0 aliphatic rings. The predicted molar refractivity (Wildman–Crippen MR) is 111 cm³/mol. The number of benzene rings is 1. The number of nitrogens with zero attached hydrogens (tertiary/aromatic N) is 3. The Bertz CT molecular complexity index is 910. The van der Waals surface area contributed by atoms with Crippen LogP contribution < -0.4 is 11.1 Å². The Hall–Kier alpha value is -2.65. The summed E-state index contributed by atoms with van der Waals surface area (Å²) in [4.78, 5) is 24.3. The molecule has 1 aromatic carbocycles. The van der Waals surface area contributed by atoms with Crippen LogP contribution in [-0.2, 0) is 22.6 Å². The third kappa shape index (κ3) is 5.67. The van der Waals surface area contributed by atoms with Gasteiger partial charge in [0.25, 0.3) is 0 Å². The van der Waals surface area contributed by atoms with E-state index in [-0.39, 0.29) is 24.0 Å². The molecule has 3 rings (SSSR count). The number of hydrogen-bond acceptors (Lipinski definition) is 6. The lowest BCUT2D eigenvalue weighted by Gasteiger charge is -2.08. The van der Waals surface area contributed by atoms with Crippen molar-refractivity contribution in [1.82, 2.24) is 20.1 Å². The molecule has 0 aliphatic heterocycles. The minimum atomic E-state index is -0.388. The lowest BCUT2D eigenvalue weighted by molar-refractivity contribution is -0.119. The lowest BCUT2D eigenvalue weighted by atomic mass is 10.1. The van der Waals surface area contributed by atoms with Gasteiger partial charge in [0.1, 0.15) is 0 Å². The Kier molecular flexibility index (Phi) is 7.21. The van der Waals surface area contributed by atoms with Gasteiger partial charge in [-0.25, -0.2) is 0 Å². The lowest BCUT2D eigenvalue weighted by Crippen LogP contribution is -2.27. The maximum absolute atomic E-state index is 12.2. The van der Waals surface area contributed by atoms with Crippen molar-refractivity contribution >= 4 is 34.9 Å². The third-order valence-corrected chi connectivity index (χ3v) is 5.78. The normalized spacial score (nSPS) is 10.7. The molecule has 28 heavy (non-hydrogen) atoms. The zero-order valence-electron chi connectivity index (χ0n) is 15.2. The average Bonchev–Trinajstić information content (AvgIpc) is 3.35. The Morgan fingerprint density at radius 2 is 1.96 bits per heavy atom. The molecule has 7 nitrogen and oxygen atoms in total. The highest BCUT2D eigenvalue weighted by atomic mass is 32.2.